The molecule has 3 rings (SSSR count). The number of hydrogen-bond donors (Lipinski definition) is 2. The molecule has 0 radical (unpaired) electrons. The average molecular weight is 416 g/mol. The maximum absolute atomic E-state index is 5.41. The van der Waals surface area contributed by atoms with Crippen LogP contribution in [0.1, 0.15) is 50.7 Å². The van der Waals surface area contributed by atoms with Crippen molar-refractivity contribution in [2.45, 2.75) is 58.7 Å². The Kier molecular flexibility index (Phi) is 9.93. The minimum Gasteiger partial charge on any atom is -0.379 e. The van der Waals surface area contributed by atoms with Crippen LogP contribution in [-0.2, 0) is 17.8 Å². The van der Waals surface area contributed by atoms with Gasteiger partial charge in [0.25, 0.3) is 0 Å². The smallest absolute Gasteiger partial charge is 0.191 e. The molecule has 6 heteroatoms. The summed E-state index contributed by atoms with van der Waals surface area (Å²) < 4.78 is 5.41. The molecule has 1 aromatic carbocycles. The Hall–Kier alpha value is -1.63. The Labute approximate surface area is 183 Å². The lowest BCUT2D eigenvalue weighted by molar-refractivity contribution is 0.0376. The number of nitrogens with one attached hydrogen (secondary N) is 2. The van der Waals surface area contributed by atoms with E-state index in [-0.39, 0.29) is 0 Å². The fourth-order valence-electron chi connectivity index (χ4n) is 4.22. The number of ether oxygens (including phenoxy) is 1. The molecule has 1 unspecified atom stereocenters. The molecule has 2 aliphatic rings. The second kappa shape index (κ2) is 12.9. The second-order valence-corrected chi connectivity index (χ2v) is 8.56. The first-order valence-corrected chi connectivity index (χ1v) is 11.9. The van der Waals surface area contributed by atoms with Crippen LogP contribution >= 0.6 is 0 Å². The molecule has 1 aromatic rings. The van der Waals surface area contributed by atoms with Crippen LogP contribution in [0, 0.1) is 0 Å². The molecule has 168 valence electrons. The van der Waals surface area contributed by atoms with Gasteiger partial charge in [-0.1, -0.05) is 30.7 Å². The number of piperidine rings is 1. The molecule has 2 N–H and O–H groups in total. The van der Waals surface area contributed by atoms with Crippen molar-refractivity contribution in [1.29, 1.82) is 0 Å². The third-order valence-electron chi connectivity index (χ3n) is 6.16. The Bertz CT molecular complexity index is 627. The number of nitrogens with zero attached hydrogens (tertiary/aromatic N) is 3. The van der Waals surface area contributed by atoms with E-state index in [0.29, 0.717) is 12.6 Å². The molecule has 30 heavy (non-hydrogen) atoms. The molecule has 1 atom stereocenters. The van der Waals surface area contributed by atoms with E-state index in [4.69, 9.17) is 9.73 Å². The maximum atomic E-state index is 5.41. The van der Waals surface area contributed by atoms with Crippen LogP contribution in [0.5, 0.6) is 0 Å². The predicted molar refractivity (Wildman–Crippen MR) is 125 cm³/mol. The second-order valence-electron chi connectivity index (χ2n) is 8.56. The zero-order chi connectivity index (χ0) is 21.0. The summed E-state index contributed by atoms with van der Waals surface area (Å²) in [6.07, 6.45) is 5.17. The summed E-state index contributed by atoms with van der Waals surface area (Å²) in [7, 11) is 0. The SMILES string of the molecule is CCNC(=NCc1ccc(CN2CCCCC2C)cc1)NCCCN1CCOCC1. The quantitative estimate of drug-likeness (QED) is 0.369. The number of likely N-dealkylation sites (tertiary alicyclic amines) is 1. The zero-order valence-corrected chi connectivity index (χ0v) is 19.0. The van der Waals surface area contributed by atoms with E-state index in [1.54, 1.807) is 0 Å². The standard InChI is InChI=1S/C24H41N5O/c1-3-25-24(26-12-6-13-28-15-17-30-18-16-28)27-19-22-8-10-23(11-9-22)20-29-14-5-4-7-21(29)2/h8-11,21H,3-7,12-20H2,1-2H3,(H2,25,26,27). The van der Waals surface area contributed by atoms with Gasteiger partial charge < -0.3 is 15.4 Å². The van der Waals surface area contributed by atoms with Crippen molar-refractivity contribution >= 4 is 5.96 Å². The molecule has 0 aliphatic carbocycles. The topological polar surface area (TPSA) is 52.1 Å². The summed E-state index contributed by atoms with van der Waals surface area (Å²) in [4.78, 5) is 9.86. The normalized spacial score (nSPS) is 21.5. The third kappa shape index (κ3) is 7.89. The van der Waals surface area contributed by atoms with Gasteiger partial charge in [0.15, 0.2) is 5.96 Å². The zero-order valence-electron chi connectivity index (χ0n) is 19.0. The lowest BCUT2D eigenvalue weighted by Gasteiger charge is -2.33. The van der Waals surface area contributed by atoms with Crippen LogP contribution in [0.2, 0.25) is 0 Å². The molecule has 0 amide bonds. The van der Waals surface area contributed by atoms with Crippen LogP contribution < -0.4 is 10.6 Å². The summed E-state index contributed by atoms with van der Waals surface area (Å²) in [5.41, 5.74) is 2.67. The van der Waals surface area contributed by atoms with E-state index < -0.39 is 0 Å². The summed E-state index contributed by atoms with van der Waals surface area (Å²) >= 11 is 0. The van der Waals surface area contributed by atoms with E-state index in [9.17, 15) is 0 Å². The van der Waals surface area contributed by atoms with Gasteiger partial charge in [-0.05, 0) is 57.3 Å². The molecule has 2 fully saturated rings. The minimum atomic E-state index is 0.708. The molecule has 2 aliphatic heterocycles. The highest BCUT2D eigenvalue weighted by molar-refractivity contribution is 5.79. The fourth-order valence-corrected chi connectivity index (χ4v) is 4.22. The van der Waals surface area contributed by atoms with Crippen LogP contribution in [0.3, 0.4) is 0 Å². The van der Waals surface area contributed by atoms with Crippen molar-refractivity contribution in [3.8, 4) is 0 Å². The number of aliphatic imine (C=N–C) groups is 1. The van der Waals surface area contributed by atoms with E-state index in [2.05, 4.69) is 58.5 Å². The highest BCUT2D eigenvalue weighted by atomic mass is 16.5. The van der Waals surface area contributed by atoms with E-state index >= 15 is 0 Å². The molecule has 0 saturated carbocycles. The lowest BCUT2D eigenvalue weighted by atomic mass is 10.0. The molecular formula is C24H41N5O. The molecule has 0 bridgehead atoms. The van der Waals surface area contributed by atoms with Gasteiger partial charge in [-0.15, -0.1) is 0 Å². The number of benzene rings is 1. The van der Waals surface area contributed by atoms with Gasteiger partial charge in [0.2, 0.25) is 0 Å². The monoisotopic (exact) mass is 415 g/mol. The van der Waals surface area contributed by atoms with Crippen molar-refractivity contribution in [3.63, 3.8) is 0 Å². The van der Waals surface area contributed by atoms with E-state index in [1.807, 2.05) is 0 Å². The summed E-state index contributed by atoms with van der Waals surface area (Å²) in [5.74, 6) is 0.908. The molecular weight excluding hydrogens is 374 g/mol. The van der Waals surface area contributed by atoms with Crippen LogP contribution in [0.15, 0.2) is 29.3 Å². The largest absolute Gasteiger partial charge is 0.379 e. The van der Waals surface area contributed by atoms with Crippen molar-refractivity contribution < 1.29 is 4.74 Å². The van der Waals surface area contributed by atoms with Crippen molar-refractivity contribution in [3.05, 3.63) is 35.4 Å². The number of guanidine groups is 1. The predicted octanol–water partition coefficient (Wildman–Crippen LogP) is 2.84. The lowest BCUT2D eigenvalue weighted by Crippen LogP contribution is -2.40. The van der Waals surface area contributed by atoms with Gasteiger partial charge in [-0.25, -0.2) is 4.99 Å². The van der Waals surface area contributed by atoms with Gasteiger partial charge >= 0.3 is 0 Å². The number of hydrogen-bond acceptors (Lipinski definition) is 4. The van der Waals surface area contributed by atoms with E-state index in [0.717, 1.165) is 64.9 Å². The Morgan fingerprint density at radius 2 is 1.83 bits per heavy atom. The fraction of sp³-hybridized carbons (Fsp3) is 0.708. The van der Waals surface area contributed by atoms with Crippen molar-refractivity contribution in [1.82, 2.24) is 20.4 Å². The van der Waals surface area contributed by atoms with Crippen molar-refractivity contribution in [2.75, 3.05) is 52.5 Å². The van der Waals surface area contributed by atoms with Crippen molar-refractivity contribution in [2.24, 2.45) is 4.99 Å². The van der Waals surface area contributed by atoms with Gasteiger partial charge in [0, 0.05) is 38.8 Å². The van der Waals surface area contributed by atoms with Gasteiger partial charge in [0.05, 0.1) is 19.8 Å². The average Bonchev–Trinajstić information content (AvgIpc) is 2.78. The third-order valence-corrected chi connectivity index (χ3v) is 6.16. The Balaban J connectivity index is 1.41. The highest BCUT2D eigenvalue weighted by Crippen LogP contribution is 2.19. The molecule has 0 aromatic heterocycles. The molecule has 2 saturated heterocycles. The summed E-state index contributed by atoms with van der Waals surface area (Å²) in [5, 5.41) is 6.84. The molecule has 2 heterocycles. The highest BCUT2D eigenvalue weighted by Gasteiger charge is 2.17. The number of morpholine rings is 1. The van der Waals surface area contributed by atoms with Gasteiger partial charge in [-0.3, -0.25) is 9.80 Å². The van der Waals surface area contributed by atoms with E-state index in [1.165, 1.54) is 36.9 Å². The first-order valence-electron chi connectivity index (χ1n) is 11.9. The van der Waals surface area contributed by atoms with Crippen LogP contribution in [0.25, 0.3) is 0 Å². The Morgan fingerprint density at radius 3 is 2.57 bits per heavy atom. The Morgan fingerprint density at radius 1 is 1.07 bits per heavy atom. The number of rotatable bonds is 9. The first-order chi connectivity index (χ1) is 14.7. The molecule has 0 spiro atoms. The van der Waals surface area contributed by atoms with Crippen LogP contribution in [0.4, 0.5) is 0 Å². The maximum Gasteiger partial charge on any atom is 0.191 e. The summed E-state index contributed by atoms with van der Waals surface area (Å²) in [6, 6.07) is 9.72. The van der Waals surface area contributed by atoms with Gasteiger partial charge in [0.1, 0.15) is 0 Å². The first kappa shape index (κ1) is 23.0. The minimum absolute atomic E-state index is 0.708. The summed E-state index contributed by atoms with van der Waals surface area (Å²) in [6.45, 7) is 14.3. The van der Waals surface area contributed by atoms with Crippen LogP contribution in [-0.4, -0.2) is 74.3 Å². The molecule has 6 nitrogen and oxygen atoms in total. The van der Waals surface area contributed by atoms with Gasteiger partial charge in [-0.2, -0.15) is 0 Å².